The van der Waals surface area contributed by atoms with E-state index in [-0.39, 0.29) is 24.4 Å². The summed E-state index contributed by atoms with van der Waals surface area (Å²) < 4.78 is 65.6. The molecule has 31 heavy (non-hydrogen) atoms. The van der Waals surface area contributed by atoms with E-state index in [1.165, 1.54) is 24.0 Å². The Bertz CT molecular complexity index is 841. The number of nitrogens with zero attached hydrogens (tertiary/aromatic N) is 2. The molecule has 0 spiro atoms. The van der Waals surface area contributed by atoms with Crippen molar-refractivity contribution in [3.8, 4) is 0 Å². The molecule has 0 bridgehead atoms. The Morgan fingerprint density at radius 3 is 2.32 bits per heavy atom. The van der Waals surface area contributed by atoms with Gasteiger partial charge in [0.05, 0.1) is 11.3 Å². The standard InChI is InChI=1S/C22H31F3N2O3S/c1-14(26-31(29)21(5,6)7)16-9-8-10-17(18(16)23)22(24,25)11-15-12-27(13-15)19(28)30-20(2,3)4/h8-10,15H,11-13H2,1-7H3. The first-order chi connectivity index (χ1) is 14.0. The summed E-state index contributed by atoms with van der Waals surface area (Å²) in [5.41, 5.74) is -1.38. The van der Waals surface area contributed by atoms with Gasteiger partial charge in [0, 0.05) is 31.0 Å². The van der Waals surface area contributed by atoms with E-state index in [0.717, 1.165) is 6.07 Å². The van der Waals surface area contributed by atoms with Crippen LogP contribution in [0.15, 0.2) is 22.6 Å². The molecule has 0 N–H and O–H groups in total. The number of alkyl halides is 2. The summed E-state index contributed by atoms with van der Waals surface area (Å²) in [6, 6.07) is 3.74. The summed E-state index contributed by atoms with van der Waals surface area (Å²) >= 11 is -1.64. The molecule has 1 saturated heterocycles. The summed E-state index contributed by atoms with van der Waals surface area (Å²) in [7, 11) is 0. The maximum Gasteiger partial charge on any atom is 0.410 e. The van der Waals surface area contributed by atoms with Crippen LogP contribution in [0.5, 0.6) is 0 Å². The molecule has 1 heterocycles. The number of hydrogen-bond acceptors (Lipinski definition) is 4. The second-order valence-corrected chi connectivity index (χ2v) is 11.8. The average molecular weight is 461 g/mol. The van der Waals surface area contributed by atoms with Crippen LogP contribution in [0.1, 0.15) is 66.0 Å². The van der Waals surface area contributed by atoms with Gasteiger partial charge in [-0.25, -0.2) is 18.0 Å². The van der Waals surface area contributed by atoms with Gasteiger partial charge in [0.15, 0.2) is 0 Å². The lowest BCUT2D eigenvalue weighted by molar-refractivity contribution is -0.0631. The van der Waals surface area contributed by atoms with Gasteiger partial charge in [0.2, 0.25) is 0 Å². The van der Waals surface area contributed by atoms with Crippen LogP contribution in [0.3, 0.4) is 0 Å². The minimum Gasteiger partial charge on any atom is -0.591 e. The summed E-state index contributed by atoms with van der Waals surface area (Å²) in [5.74, 6) is -4.95. The number of likely N-dealkylation sites (tertiary alicyclic amines) is 1. The molecule has 0 aliphatic carbocycles. The van der Waals surface area contributed by atoms with Crippen molar-refractivity contribution in [2.45, 2.75) is 71.2 Å². The Hall–Kier alpha value is -1.74. The van der Waals surface area contributed by atoms with E-state index in [1.54, 1.807) is 41.5 Å². The highest BCUT2D eigenvalue weighted by atomic mass is 32.2. The molecule has 1 aromatic carbocycles. The molecule has 2 rings (SSSR count). The quantitative estimate of drug-likeness (QED) is 0.434. The maximum atomic E-state index is 15.0. The molecule has 0 saturated carbocycles. The SMILES string of the molecule is CC(=N[S+]([O-])C(C)(C)C)c1cccc(C(F)(F)CC2CN(C(=O)OC(C)(C)C)C2)c1F. The molecule has 5 nitrogen and oxygen atoms in total. The highest BCUT2D eigenvalue weighted by Crippen LogP contribution is 2.39. The van der Waals surface area contributed by atoms with Crippen molar-refractivity contribution in [1.82, 2.24) is 4.90 Å². The summed E-state index contributed by atoms with van der Waals surface area (Å²) in [6.07, 6.45) is -1.13. The van der Waals surface area contributed by atoms with Gasteiger partial charge in [0.1, 0.15) is 27.5 Å². The molecule has 9 heteroatoms. The number of halogens is 3. The van der Waals surface area contributed by atoms with E-state index in [4.69, 9.17) is 4.74 Å². The Kier molecular flexibility index (Phi) is 7.42. The number of benzene rings is 1. The third-order valence-electron chi connectivity index (χ3n) is 4.68. The van der Waals surface area contributed by atoms with Crippen LogP contribution in [-0.2, 0) is 22.0 Å². The largest absolute Gasteiger partial charge is 0.591 e. The number of carbonyl (C=O) groups is 1. The lowest BCUT2D eigenvalue weighted by atomic mass is 9.89. The summed E-state index contributed by atoms with van der Waals surface area (Å²) in [4.78, 5) is 13.3. The highest BCUT2D eigenvalue weighted by Gasteiger charge is 2.43. The molecule has 1 amide bonds. The molecular weight excluding hydrogens is 429 g/mol. The smallest absolute Gasteiger partial charge is 0.410 e. The third kappa shape index (κ3) is 6.62. The van der Waals surface area contributed by atoms with Crippen molar-refractivity contribution in [2.24, 2.45) is 10.3 Å². The van der Waals surface area contributed by atoms with Crippen LogP contribution in [0.2, 0.25) is 0 Å². The summed E-state index contributed by atoms with van der Waals surface area (Å²) in [5, 5.41) is 0. The second-order valence-electron chi connectivity index (χ2n) is 9.87. The molecule has 0 aromatic heterocycles. The van der Waals surface area contributed by atoms with Gasteiger partial charge in [-0.2, -0.15) is 0 Å². The van der Waals surface area contributed by atoms with E-state index in [2.05, 4.69) is 4.40 Å². The molecule has 1 atom stereocenters. The first kappa shape index (κ1) is 25.5. The number of carbonyl (C=O) groups excluding carboxylic acids is 1. The molecule has 1 aliphatic rings. The summed E-state index contributed by atoms with van der Waals surface area (Å²) in [6.45, 7) is 12.1. The zero-order valence-corrected chi connectivity index (χ0v) is 19.9. The average Bonchev–Trinajstić information content (AvgIpc) is 2.55. The number of amides is 1. The molecule has 1 aliphatic heterocycles. The van der Waals surface area contributed by atoms with Gasteiger partial charge >= 0.3 is 6.09 Å². The van der Waals surface area contributed by atoms with Gasteiger partial charge in [-0.05, 0) is 48.5 Å². The first-order valence-corrected chi connectivity index (χ1v) is 11.2. The minimum absolute atomic E-state index is 0.0984. The van der Waals surface area contributed by atoms with Gasteiger partial charge in [-0.3, -0.25) is 0 Å². The fourth-order valence-corrected chi connectivity index (χ4v) is 3.67. The zero-order chi connectivity index (χ0) is 23.8. The number of ether oxygens (including phenoxy) is 1. The Morgan fingerprint density at radius 2 is 1.81 bits per heavy atom. The normalized spacial score (nSPS) is 17.4. The molecular formula is C22H31F3N2O3S. The van der Waals surface area contributed by atoms with E-state index in [9.17, 15) is 22.5 Å². The fraction of sp³-hybridized carbons (Fsp3) is 0.636. The van der Waals surface area contributed by atoms with E-state index in [0.29, 0.717) is 0 Å². The van der Waals surface area contributed by atoms with Gasteiger partial charge in [-0.1, -0.05) is 22.6 Å². The van der Waals surface area contributed by atoms with Crippen LogP contribution in [0, 0.1) is 11.7 Å². The van der Waals surface area contributed by atoms with Crippen molar-refractivity contribution in [3.05, 3.63) is 35.1 Å². The van der Waals surface area contributed by atoms with Crippen molar-refractivity contribution in [1.29, 1.82) is 0 Å². The zero-order valence-electron chi connectivity index (χ0n) is 19.1. The minimum atomic E-state index is -3.42. The Balaban J connectivity index is 2.12. The lowest BCUT2D eigenvalue weighted by Crippen LogP contribution is -2.52. The molecule has 1 unspecified atom stereocenters. The van der Waals surface area contributed by atoms with Crippen molar-refractivity contribution < 1.29 is 27.3 Å². The predicted octanol–water partition coefficient (Wildman–Crippen LogP) is 5.45. The van der Waals surface area contributed by atoms with Crippen LogP contribution >= 0.6 is 0 Å². The van der Waals surface area contributed by atoms with Crippen LogP contribution in [0.25, 0.3) is 0 Å². The van der Waals surface area contributed by atoms with Crippen molar-refractivity contribution in [2.75, 3.05) is 13.1 Å². The molecule has 1 aromatic rings. The fourth-order valence-electron chi connectivity index (χ4n) is 3.05. The van der Waals surface area contributed by atoms with Crippen LogP contribution < -0.4 is 0 Å². The van der Waals surface area contributed by atoms with Gasteiger partial charge in [0.25, 0.3) is 5.92 Å². The number of rotatable bonds is 5. The molecule has 174 valence electrons. The van der Waals surface area contributed by atoms with E-state index < -0.39 is 57.4 Å². The number of hydrogen-bond donors (Lipinski definition) is 0. The van der Waals surface area contributed by atoms with Crippen molar-refractivity contribution in [3.63, 3.8) is 0 Å². The Labute approximate surface area is 185 Å². The predicted molar refractivity (Wildman–Crippen MR) is 116 cm³/mol. The lowest BCUT2D eigenvalue weighted by Gasteiger charge is -2.41. The van der Waals surface area contributed by atoms with Gasteiger partial charge in [-0.15, -0.1) is 0 Å². The van der Waals surface area contributed by atoms with Crippen LogP contribution in [-0.4, -0.2) is 44.7 Å². The first-order valence-electron chi connectivity index (χ1n) is 10.1. The Morgan fingerprint density at radius 1 is 1.23 bits per heavy atom. The highest BCUT2D eigenvalue weighted by molar-refractivity contribution is 7.91. The van der Waals surface area contributed by atoms with Crippen LogP contribution in [0.4, 0.5) is 18.0 Å². The molecule has 1 fully saturated rings. The maximum absolute atomic E-state index is 15.0. The van der Waals surface area contributed by atoms with E-state index >= 15 is 0 Å². The third-order valence-corrected chi connectivity index (χ3v) is 6.17. The monoisotopic (exact) mass is 460 g/mol. The van der Waals surface area contributed by atoms with Gasteiger partial charge < -0.3 is 14.2 Å². The second kappa shape index (κ2) is 9.02. The molecule has 0 radical (unpaired) electrons. The topological polar surface area (TPSA) is 65.0 Å². The van der Waals surface area contributed by atoms with E-state index in [1.807, 2.05) is 0 Å². The van der Waals surface area contributed by atoms with Crippen molar-refractivity contribution >= 4 is 23.2 Å².